The Morgan fingerprint density at radius 1 is 1.06 bits per heavy atom. The molecule has 4 nitrogen and oxygen atoms in total. The number of halogens is 1. The standard InChI is InChI=1S/C12H11ClN2O2/c1-16-11-6-4-9(12(15-11)17-2)10-5-3-8(13)7-14-10/h3-7H,1-2H3. The highest BCUT2D eigenvalue weighted by atomic mass is 35.5. The van der Waals surface area contributed by atoms with Crippen LogP contribution in [-0.2, 0) is 0 Å². The molecule has 0 atom stereocenters. The molecule has 0 spiro atoms. The van der Waals surface area contributed by atoms with Crippen LogP contribution in [0.3, 0.4) is 0 Å². The zero-order valence-electron chi connectivity index (χ0n) is 9.48. The monoisotopic (exact) mass is 250 g/mol. The Kier molecular flexibility index (Phi) is 3.44. The van der Waals surface area contributed by atoms with Crippen LogP contribution in [0, 0.1) is 0 Å². The summed E-state index contributed by atoms with van der Waals surface area (Å²) >= 11 is 5.79. The van der Waals surface area contributed by atoms with Crippen LogP contribution >= 0.6 is 11.6 Å². The van der Waals surface area contributed by atoms with Gasteiger partial charge in [0.2, 0.25) is 11.8 Å². The van der Waals surface area contributed by atoms with Gasteiger partial charge in [0.05, 0.1) is 30.5 Å². The van der Waals surface area contributed by atoms with Gasteiger partial charge in [-0.25, -0.2) is 0 Å². The highest BCUT2D eigenvalue weighted by molar-refractivity contribution is 6.30. The molecule has 0 unspecified atom stereocenters. The Hall–Kier alpha value is -1.81. The van der Waals surface area contributed by atoms with Crippen LogP contribution in [0.4, 0.5) is 0 Å². The predicted molar refractivity (Wildman–Crippen MR) is 65.6 cm³/mol. The molecule has 0 bridgehead atoms. The van der Waals surface area contributed by atoms with E-state index in [1.54, 1.807) is 32.5 Å². The van der Waals surface area contributed by atoms with E-state index in [9.17, 15) is 0 Å². The second kappa shape index (κ2) is 5.01. The molecule has 5 heteroatoms. The summed E-state index contributed by atoms with van der Waals surface area (Å²) in [6, 6.07) is 7.19. The van der Waals surface area contributed by atoms with Gasteiger partial charge in [-0.05, 0) is 18.2 Å². The van der Waals surface area contributed by atoms with Crippen molar-refractivity contribution in [2.24, 2.45) is 0 Å². The van der Waals surface area contributed by atoms with Gasteiger partial charge in [-0.3, -0.25) is 4.98 Å². The SMILES string of the molecule is COc1ccc(-c2ccc(Cl)cn2)c(OC)n1. The van der Waals surface area contributed by atoms with Crippen LogP contribution in [0.5, 0.6) is 11.8 Å². The number of hydrogen-bond donors (Lipinski definition) is 0. The molecule has 88 valence electrons. The summed E-state index contributed by atoms with van der Waals surface area (Å²) in [5, 5.41) is 0.592. The first kappa shape index (κ1) is 11.7. The van der Waals surface area contributed by atoms with E-state index < -0.39 is 0 Å². The van der Waals surface area contributed by atoms with E-state index in [2.05, 4.69) is 9.97 Å². The maximum absolute atomic E-state index is 5.79. The van der Waals surface area contributed by atoms with Gasteiger partial charge in [0, 0.05) is 12.3 Å². The molecule has 2 aromatic heterocycles. The molecular formula is C12H11ClN2O2. The van der Waals surface area contributed by atoms with Gasteiger partial charge in [-0.15, -0.1) is 0 Å². The lowest BCUT2D eigenvalue weighted by atomic mass is 10.2. The van der Waals surface area contributed by atoms with Crippen molar-refractivity contribution < 1.29 is 9.47 Å². The first-order chi connectivity index (χ1) is 8.24. The molecule has 0 radical (unpaired) electrons. The Bertz CT molecular complexity index is 514. The van der Waals surface area contributed by atoms with Gasteiger partial charge in [0.1, 0.15) is 0 Å². The number of pyridine rings is 2. The van der Waals surface area contributed by atoms with Gasteiger partial charge in [0.15, 0.2) is 0 Å². The highest BCUT2D eigenvalue weighted by Gasteiger charge is 2.09. The molecule has 0 aliphatic heterocycles. The summed E-state index contributed by atoms with van der Waals surface area (Å²) in [6.07, 6.45) is 1.58. The van der Waals surface area contributed by atoms with Crippen molar-refractivity contribution in [3.8, 4) is 23.0 Å². The Balaban J connectivity index is 2.47. The van der Waals surface area contributed by atoms with Crippen molar-refractivity contribution >= 4 is 11.6 Å². The predicted octanol–water partition coefficient (Wildman–Crippen LogP) is 2.81. The van der Waals surface area contributed by atoms with E-state index in [0.717, 1.165) is 11.3 Å². The van der Waals surface area contributed by atoms with E-state index in [1.807, 2.05) is 12.1 Å². The molecule has 0 N–H and O–H groups in total. The van der Waals surface area contributed by atoms with Crippen LogP contribution in [0.25, 0.3) is 11.3 Å². The first-order valence-corrected chi connectivity index (χ1v) is 5.33. The van der Waals surface area contributed by atoms with E-state index >= 15 is 0 Å². The Morgan fingerprint density at radius 3 is 2.47 bits per heavy atom. The normalized spacial score (nSPS) is 10.1. The lowest BCUT2D eigenvalue weighted by Gasteiger charge is -2.08. The van der Waals surface area contributed by atoms with Crippen molar-refractivity contribution in [2.45, 2.75) is 0 Å². The third-order valence-electron chi connectivity index (χ3n) is 2.24. The molecule has 17 heavy (non-hydrogen) atoms. The molecule has 0 saturated carbocycles. The first-order valence-electron chi connectivity index (χ1n) is 4.95. The molecule has 2 rings (SSSR count). The minimum Gasteiger partial charge on any atom is -0.481 e. The van der Waals surface area contributed by atoms with Gasteiger partial charge in [-0.1, -0.05) is 11.6 Å². The van der Waals surface area contributed by atoms with Crippen molar-refractivity contribution in [1.29, 1.82) is 0 Å². The maximum Gasteiger partial charge on any atom is 0.225 e. The van der Waals surface area contributed by atoms with Crippen LogP contribution in [0.15, 0.2) is 30.5 Å². The van der Waals surface area contributed by atoms with Crippen molar-refractivity contribution in [1.82, 2.24) is 9.97 Å². The number of methoxy groups -OCH3 is 2. The minimum absolute atomic E-state index is 0.471. The van der Waals surface area contributed by atoms with Gasteiger partial charge in [-0.2, -0.15) is 4.98 Å². The number of nitrogens with zero attached hydrogens (tertiary/aromatic N) is 2. The van der Waals surface area contributed by atoms with E-state index in [-0.39, 0.29) is 0 Å². The van der Waals surface area contributed by atoms with Crippen LogP contribution < -0.4 is 9.47 Å². The fraction of sp³-hybridized carbons (Fsp3) is 0.167. The fourth-order valence-corrected chi connectivity index (χ4v) is 1.53. The quantitative estimate of drug-likeness (QED) is 0.840. The molecule has 0 saturated heterocycles. The summed E-state index contributed by atoms with van der Waals surface area (Å²) in [7, 11) is 3.11. The Labute approximate surface area is 104 Å². The second-order valence-electron chi connectivity index (χ2n) is 3.27. The zero-order chi connectivity index (χ0) is 12.3. The average Bonchev–Trinajstić information content (AvgIpc) is 2.39. The average molecular weight is 251 g/mol. The fourth-order valence-electron chi connectivity index (χ4n) is 1.42. The molecular weight excluding hydrogens is 240 g/mol. The summed E-state index contributed by atoms with van der Waals surface area (Å²) in [5.41, 5.74) is 1.55. The summed E-state index contributed by atoms with van der Waals surface area (Å²) in [6.45, 7) is 0. The highest BCUT2D eigenvalue weighted by Crippen LogP contribution is 2.29. The lowest BCUT2D eigenvalue weighted by molar-refractivity contribution is 0.366. The van der Waals surface area contributed by atoms with E-state index in [0.29, 0.717) is 16.8 Å². The van der Waals surface area contributed by atoms with Crippen molar-refractivity contribution in [3.63, 3.8) is 0 Å². The summed E-state index contributed by atoms with van der Waals surface area (Å²) < 4.78 is 10.2. The third-order valence-corrected chi connectivity index (χ3v) is 2.46. The third kappa shape index (κ3) is 2.47. The van der Waals surface area contributed by atoms with Gasteiger partial charge < -0.3 is 9.47 Å². The van der Waals surface area contributed by atoms with Crippen LogP contribution in [-0.4, -0.2) is 24.2 Å². The van der Waals surface area contributed by atoms with Crippen LogP contribution in [0.2, 0.25) is 5.02 Å². The van der Waals surface area contributed by atoms with Gasteiger partial charge >= 0.3 is 0 Å². The molecule has 0 fully saturated rings. The smallest absolute Gasteiger partial charge is 0.225 e. The van der Waals surface area contributed by atoms with E-state index in [4.69, 9.17) is 21.1 Å². The molecule has 0 aliphatic carbocycles. The second-order valence-corrected chi connectivity index (χ2v) is 3.71. The minimum atomic E-state index is 0.471. The maximum atomic E-state index is 5.79. The van der Waals surface area contributed by atoms with Crippen LogP contribution in [0.1, 0.15) is 0 Å². The largest absolute Gasteiger partial charge is 0.481 e. The number of ether oxygens (including phenoxy) is 2. The molecule has 0 amide bonds. The number of hydrogen-bond acceptors (Lipinski definition) is 4. The molecule has 0 aliphatic rings. The molecule has 0 aromatic carbocycles. The molecule has 2 aromatic rings. The van der Waals surface area contributed by atoms with Gasteiger partial charge in [0.25, 0.3) is 0 Å². The summed E-state index contributed by atoms with van der Waals surface area (Å²) in [4.78, 5) is 8.41. The topological polar surface area (TPSA) is 44.2 Å². The Morgan fingerprint density at radius 2 is 1.88 bits per heavy atom. The lowest BCUT2D eigenvalue weighted by Crippen LogP contribution is -1.95. The van der Waals surface area contributed by atoms with Crippen molar-refractivity contribution in [3.05, 3.63) is 35.5 Å². The number of aromatic nitrogens is 2. The van der Waals surface area contributed by atoms with Crippen molar-refractivity contribution in [2.75, 3.05) is 14.2 Å². The molecule has 2 heterocycles. The van der Waals surface area contributed by atoms with E-state index in [1.165, 1.54) is 0 Å². The summed E-state index contributed by atoms with van der Waals surface area (Å²) in [5.74, 6) is 0.971. The number of rotatable bonds is 3. The zero-order valence-corrected chi connectivity index (χ0v) is 10.2.